The monoisotopic (exact) mass is 349 g/mol. The number of halogens is 1. The van der Waals surface area contributed by atoms with E-state index < -0.39 is 15.7 Å². The van der Waals surface area contributed by atoms with Crippen molar-refractivity contribution in [2.45, 2.75) is 5.75 Å². The van der Waals surface area contributed by atoms with Crippen molar-refractivity contribution in [3.05, 3.63) is 62.7 Å². The van der Waals surface area contributed by atoms with Crippen molar-refractivity contribution < 1.29 is 9.13 Å². The number of nitro benzene ring substituents is 1. The van der Waals surface area contributed by atoms with Crippen LogP contribution in [-0.2, 0) is 16.6 Å². The smallest absolute Gasteiger partial charge is 0.293 e. The number of nitrogens with one attached hydrogen (secondary N) is 1. The zero-order valence-electron chi connectivity index (χ0n) is 12.1. The Kier molecular flexibility index (Phi) is 5.32. The largest absolute Gasteiger partial charge is 0.350 e. The third-order valence-electron chi connectivity index (χ3n) is 3.01. The van der Waals surface area contributed by atoms with Crippen molar-refractivity contribution in [1.29, 1.82) is 5.26 Å². The van der Waals surface area contributed by atoms with Crippen LogP contribution >= 0.6 is 11.6 Å². The van der Waals surface area contributed by atoms with Gasteiger partial charge in [0.25, 0.3) is 5.69 Å². The summed E-state index contributed by atoms with van der Waals surface area (Å²) in [5.41, 5.74) is 1.55. The molecule has 23 heavy (non-hydrogen) atoms. The summed E-state index contributed by atoms with van der Waals surface area (Å²) in [5, 5.41) is 23.4. The van der Waals surface area contributed by atoms with Gasteiger partial charge in [-0.05, 0) is 35.9 Å². The average molecular weight is 350 g/mol. The maximum absolute atomic E-state index is 11.4. The number of hydrogen-bond acceptors (Lipinski definition) is 5. The molecule has 1 atom stereocenters. The standard InChI is InChI=1S/C15H12ClN3O3S/c1-23(22)9-11-7-12(3-4-13(11)16)18-14-5-2-10(8-17)6-15(14)19(20)21/h2-7,18H,9H2,1H3/t23-/m0/s1. The molecule has 0 radical (unpaired) electrons. The van der Waals surface area contributed by atoms with Crippen LogP contribution in [-0.4, -0.2) is 15.4 Å². The lowest BCUT2D eigenvalue weighted by Gasteiger charge is -2.10. The highest BCUT2D eigenvalue weighted by molar-refractivity contribution is 7.83. The number of nitrogens with zero attached hydrogens (tertiary/aromatic N) is 2. The second-order valence-corrected chi connectivity index (χ2v) is 6.59. The van der Waals surface area contributed by atoms with Gasteiger partial charge >= 0.3 is 0 Å². The lowest BCUT2D eigenvalue weighted by Crippen LogP contribution is -1.99. The van der Waals surface area contributed by atoms with Gasteiger partial charge in [0, 0.05) is 39.6 Å². The first kappa shape index (κ1) is 16.9. The van der Waals surface area contributed by atoms with Gasteiger partial charge in [-0.25, -0.2) is 0 Å². The maximum atomic E-state index is 11.4. The van der Waals surface area contributed by atoms with Gasteiger partial charge in [-0.15, -0.1) is 0 Å². The molecule has 6 nitrogen and oxygen atoms in total. The molecular weight excluding hydrogens is 338 g/mol. The van der Waals surface area contributed by atoms with Crippen LogP contribution in [0, 0.1) is 21.4 Å². The summed E-state index contributed by atoms with van der Waals surface area (Å²) in [6.07, 6.45) is 1.57. The van der Waals surface area contributed by atoms with Gasteiger partial charge in [0.2, 0.25) is 0 Å². The van der Waals surface area contributed by atoms with Crippen LogP contribution in [0.15, 0.2) is 36.4 Å². The van der Waals surface area contributed by atoms with E-state index in [1.165, 1.54) is 18.2 Å². The first-order valence-corrected chi connectivity index (χ1v) is 8.55. The first-order chi connectivity index (χ1) is 10.9. The lowest BCUT2D eigenvalue weighted by atomic mass is 10.1. The normalized spacial score (nSPS) is 11.5. The van der Waals surface area contributed by atoms with E-state index in [1.807, 2.05) is 6.07 Å². The fourth-order valence-electron chi connectivity index (χ4n) is 2.00. The average Bonchev–Trinajstić information content (AvgIpc) is 2.50. The Morgan fingerprint density at radius 1 is 1.35 bits per heavy atom. The van der Waals surface area contributed by atoms with Gasteiger partial charge in [-0.3, -0.25) is 14.3 Å². The molecule has 0 saturated heterocycles. The summed E-state index contributed by atoms with van der Waals surface area (Å²) in [4.78, 5) is 10.6. The van der Waals surface area contributed by atoms with E-state index in [2.05, 4.69) is 5.32 Å². The molecule has 0 aliphatic heterocycles. The Balaban J connectivity index is 2.38. The van der Waals surface area contributed by atoms with Crippen LogP contribution in [0.1, 0.15) is 11.1 Å². The van der Waals surface area contributed by atoms with E-state index in [1.54, 1.807) is 24.5 Å². The molecule has 0 spiro atoms. The maximum Gasteiger partial charge on any atom is 0.293 e. The molecule has 2 aromatic rings. The van der Waals surface area contributed by atoms with Gasteiger partial charge in [0.15, 0.2) is 0 Å². The summed E-state index contributed by atoms with van der Waals surface area (Å²) in [5.74, 6) is 0.295. The second kappa shape index (κ2) is 7.22. The number of anilines is 2. The van der Waals surface area contributed by atoms with Crippen LogP contribution in [0.3, 0.4) is 0 Å². The molecule has 0 aliphatic carbocycles. The van der Waals surface area contributed by atoms with Crippen molar-refractivity contribution >= 4 is 39.5 Å². The zero-order chi connectivity index (χ0) is 17.0. The highest BCUT2D eigenvalue weighted by atomic mass is 35.5. The number of rotatable bonds is 5. The zero-order valence-corrected chi connectivity index (χ0v) is 13.6. The van der Waals surface area contributed by atoms with E-state index in [-0.39, 0.29) is 16.9 Å². The molecular formula is C15H12ClN3O3S. The summed E-state index contributed by atoms with van der Waals surface area (Å²) in [6, 6.07) is 11.1. The van der Waals surface area contributed by atoms with Gasteiger partial charge in [0.1, 0.15) is 5.69 Å². The van der Waals surface area contributed by atoms with Crippen LogP contribution in [0.2, 0.25) is 5.02 Å². The van der Waals surface area contributed by atoms with E-state index >= 15 is 0 Å². The van der Waals surface area contributed by atoms with Gasteiger partial charge in [0.05, 0.1) is 16.6 Å². The molecule has 0 aliphatic rings. The predicted octanol–water partition coefficient (Wildman–Crippen LogP) is 3.74. The van der Waals surface area contributed by atoms with Crippen molar-refractivity contribution in [2.24, 2.45) is 0 Å². The Morgan fingerprint density at radius 2 is 2.09 bits per heavy atom. The van der Waals surface area contributed by atoms with Crippen molar-refractivity contribution in [1.82, 2.24) is 0 Å². The molecule has 1 N–H and O–H groups in total. The van der Waals surface area contributed by atoms with Crippen molar-refractivity contribution in [3.8, 4) is 6.07 Å². The fraction of sp³-hybridized carbons (Fsp3) is 0.133. The second-order valence-electron chi connectivity index (χ2n) is 4.75. The minimum atomic E-state index is -1.05. The number of hydrogen-bond donors (Lipinski definition) is 1. The van der Waals surface area contributed by atoms with E-state index in [4.69, 9.17) is 16.9 Å². The van der Waals surface area contributed by atoms with Gasteiger partial charge in [-0.2, -0.15) is 5.26 Å². The molecule has 0 aromatic heterocycles. The molecule has 0 heterocycles. The fourth-order valence-corrected chi connectivity index (χ4v) is 2.94. The first-order valence-electron chi connectivity index (χ1n) is 6.44. The quantitative estimate of drug-likeness (QED) is 0.655. The van der Waals surface area contributed by atoms with E-state index in [0.29, 0.717) is 22.0 Å². The van der Waals surface area contributed by atoms with E-state index in [9.17, 15) is 14.3 Å². The highest BCUT2D eigenvalue weighted by Crippen LogP contribution is 2.30. The van der Waals surface area contributed by atoms with Crippen molar-refractivity contribution in [3.63, 3.8) is 0 Å². The Morgan fingerprint density at radius 3 is 2.70 bits per heavy atom. The van der Waals surface area contributed by atoms with Crippen LogP contribution in [0.5, 0.6) is 0 Å². The van der Waals surface area contributed by atoms with Crippen molar-refractivity contribution in [2.75, 3.05) is 11.6 Å². The minimum Gasteiger partial charge on any atom is -0.350 e. The Labute approximate surface area is 140 Å². The predicted molar refractivity (Wildman–Crippen MR) is 90.3 cm³/mol. The highest BCUT2D eigenvalue weighted by Gasteiger charge is 2.15. The summed E-state index contributed by atoms with van der Waals surface area (Å²) in [6.45, 7) is 0. The van der Waals surface area contributed by atoms with E-state index in [0.717, 1.165) is 0 Å². The summed E-state index contributed by atoms with van der Waals surface area (Å²) >= 11 is 6.06. The minimum absolute atomic E-state index is 0.195. The van der Waals surface area contributed by atoms with Crippen LogP contribution in [0.4, 0.5) is 17.1 Å². The molecule has 0 fully saturated rings. The SMILES string of the molecule is C[S@](=O)Cc1cc(Nc2ccc(C#N)cc2[N+](=O)[O-])ccc1Cl. The molecule has 8 heteroatoms. The third-order valence-corrected chi connectivity index (χ3v) is 4.09. The van der Waals surface area contributed by atoms with Crippen LogP contribution in [0.25, 0.3) is 0 Å². The van der Waals surface area contributed by atoms with Gasteiger partial charge < -0.3 is 5.32 Å². The lowest BCUT2D eigenvalue weighted by molar-refractivity contribution is -0.383. The molecule has 2 rings (SSSR count). The summed E-state index contributed by atoms with van der Waals surface area (Å²) in [7, 11) is -1.05. The van der Waals surface area contributed by atoms with Gasteiger partial charge in [-0.1, -0.05) is 11.6 Å². The molecule has 118 valence electrons. The molecule has 0 saturated carbocycles. The third kappa shape index (κ3) is 4.28. The number of nitriles is 1. The molecule has 0 amide bonds. The number of nitro groups is 1. The Bertz CT molecular complexity index is 833. The molecule has 0 bridgehead atoms. The summed E-state index contributed by atoms with van der Waals surface area (Å²) < 4.78 is 11.4. The number of benzene rings is 2. The molecule has 0 unspecified atom stereocenters. The van der Waals surface area contributed by atoms with Crippen LogP contribution < -0.4 is 5.32 Å². The molecule has 2 aromatic carbocycles. The topological polar surface area (TPSA) is 96.0 Å². The Hall–Kier alpha value is -2.43.